The van der Waals surface area contributed by atoms with E-state index in [1.165, 1.54) is 0 Å². The second kappa shape index (κ2) is 7.96. The highest BCUT2D eigenvalue weighted by Crippen LogP contribution is 2.37. The largest absolute Gasteiger partial charge is 0.354 e. The standard InChI is InChI=1S/C21H14F6N4O4S/c1-36(33,34)29-16-8-30-11(6-21(16,26)27)7-31(20(30)32)19-18-12(2-9(22)5-15(18)35-28-19)17-13(24)3-10(23)4-14(17)25/h2-5,7,16,29H,6,8H2,1H3/t16-/m1/s1. The number of halogens is 6. The summed E-state index contributed by atoms with van der Waals surface area (Å²) in [6.45, 7) is -0.722. The Kier molecular flexibility index (Phi) is 5.33. The molecule has 36 heavy (non-hydrogen) atoms. The molecule has 5 rings (SSSR count). The molecular formula is C21H14F6N4O4S. The molecule has 4 aromatic rings. The molecule has 15 heteroatoms. The lowest BCUT2D eigenvalue weighted by molar-refractivity contribution is -0.0467. The molecule has 0 saturated carbocycles. The number of sulfonamides is 1. The molecule has 0 amide bonds. The van der Waals surface area contributed by atoms with Gasteiger partial charge in [0.05, 0.1) is 23.6 Å². The van der Waals surface area contributed by atoms with Crippen molar-refractivity contribution in [2.75, 3.05) is 6.26 Å². The van der Waals surface area contributed by atoms with Crippen molar-refractivity contribution in [2.45, 2.75) is 24.9 Å². The fraction of sp³-hybridized carbons (Fsp3) is 0.238. The van der Waals surface area contributed by atoms with Crippen LogP contribution in [0.4, 0.5) is 26.3 Å². The molecule has 0 unspecified atom stereocenters. The zero-order valence-electron chi connectivity index (χ0n) is 18.0. The van der Waals surface area contributed by atoms with E-state index < -0.39 is 80.9 Å². The van der Waals surface area contributed by atoms with E-state index in [-0.39, 0.29) is 16.7 Å². The maximum absolute atomic E-state index is 14.6. The number of alkyl halides is 2. The van der Waals surface area contributed by atoms with E-state index in [9.17, 15) is 39.6 Å². The van der Waals surface area contributed by atoms with Crippen molar-refractivity contribution >= 4 is 21.0 Å². The Labute approximate surface area is 197 Å². The van der Waals surface area contributed by atoms with Gasteiger partial charge in [0.1, 0.15) is 29.3 Å². The lowest BCUT2D eigenvalue weighted by Crippen LogP contribution is -2.55. The summed E-state index contributed by atoms with van der Waals surface area (Å²) >= 11 is 0. The Morgan fingerprint density at radius 3 is 2.36 bits per heavy atom. The molecule has 1 aliphatic rings. The minimum atomic E-state index is -4.04. The summed E-state index contributed by atoms with van der Waals surface area (Å²) in [5, 5.41) is 3.43. The average molecular weight is 532 g/mol. The number of rotatable bonds is 4. The zero-order valence-corrected chi connectivity index (χ0v) is 18.8. The Morgan fingerprint density at radius 2 is 1.72 bits per heavy atom. The molecular weight excluding hydrogens is 518 g/mol. The van der Waals surface area contributed by atoms with E-state index in [1.807, 2.05) is 4.72 Å². The fourth-order valence-corrected chi connectivity index (χ4v) is 5.03. The molecule has 190 valence electrons. The number of hydrogen-bond donors (Lipinski definition) is 1. The quantitative estimate of drug-likeness (QED) is 0.408. The maximum atomic E-state index is 14.6. The minimum absolute atomic E-state index is 0.185. The second-order valence-electron chi connectivity index (χ2n) is 8.34. The molecule has 3 heterocycles. The van der Waals surface area contributed by atoms with Crippen molar-refractivity contribution in [1.82, 2.24) is 19.0 Å². The fourth-order valence-electron chi connectivity index (χ4n) is 4.26. The first-order valence-electron chi connectivity index (χ1n) is 10.2. The number of fused-ring (bicyclic) bond motifs is 2. The predicted molar refractivity (Wildman–Crippen MR) is 113 cm³/mol. The molecule has 0 bridgehead atoms. The molecule has 1 aliphatic heterocycles. The Bertz CT molecular complexity index is 1690. The number of nitrogens with zero attached hydrogens (tertiary/aromatic N) is 3. The first kappa shape index (κ1) is 24.1. The van der Waals surface area contributed by atoms with Gasteiger partial charge in [0, 0.05) is 42.2 Å². The molecule has 8 nitrogen and oxygen atoms in total. The van der Waals surface area contributed by atoms with Crippen molar-refractivity contribution in [3.8, 4) is 16.9 Å². The van der Waals surface area contributed by atoms with Gasteiger partial charge in [-0.15, -0.1) is 0 Å². The lowest BCUT2D eigenvalue weighted by atomic mass is 10.00. The highest BCUT2D eigenvalue weighted by atomic mass is 32.2. The summed E-state index contributed by atoms with van der Waals surface area (Å²) in [6.07, 6.45) is 0.679. The van der Waals surface area contributed by atoms with Crippen LogP contribution in [-0.4, -0.2) is 40.9 Å². The molecule has 2 aromatic heterocycles. The van der Waals surface area contributed by atoms with Crippen LogP contribution in [-0.2, 0) is 23.0 Å². The monoisotopic (exact) mass is 532 g/mol. The van der Waals surface area contributed by atoms with Gasteiger partial charge < -0.3 is 4.52 Å². The topological polar surface area (TPSA) is 99.1 Å². The number of benzene rings is 2. The Hall–Kier alpha value is -3.59. The molecule has 2 aromatic carbocycles. The van der Waals surface area contributed by atoms with Gasteiger partial charge in [0.2, 0.25) is 10.0 Å². The van der Waals surface area contributed by atoms with Crippen LogP contribution in [0.25, 0.3) is 27.9 Å². The summed E-state index contributed by atoms with van der Waals surface area (Å²) in [6, 6.07) is 0.389. The van der Waals surface area contributed by atoms with Gasteiger partial charge in [0.25, 0.3) is 5.92 Å². The summed E-state index contributed by atoms with van der Waals surface area (Å²) < 4.78 is 118. The second-order valence-corrected chi connectivity index (χ2v) is 10.1. The molecule has 0 saturated heterocycles. The van der Waals surface area contributed by atoms with Crippen molar-refractivity contribution in [1.29, 1.82) is 0 Å². The Balaban J connectivity index is 1.71. The van der Waals surface area contributed by atoms with Gasteiger partial charge in [-0.2, -0.15) is 0 Å². The third-order valence-electron chi connectivity index (χ3n) is 5.74. The van der Waals surface area contributed by atoms with Crippen LogP contribution in [0.1, 0.15) is 5.69 Å². The van der Waals surface area contributed by atoms with E-state index in [2.05, 4.69) is 5.16 Å². The van der Waals surface area contributed by atoms with Gasteiger partial charge in [-0.05, 0) is 6.07 Å². The van der Waals surface area contributed by atoms with E-state index in [4.69, 9.17) is 4.52 Å². The molecule has 1 N–H and O–H groups in total. The van der Waals surface area contributed by atoms with Gasteiger partial charge >= 0.3 is 5.69 Å². The van der Waals surface area contributed by atoms with Crippen molar-refractivity contribution in [3.05, 3.63) is 69.9 Å². The first-order chi connectivity index (χ1) is 16.7. The highest BCUT2D eigenvalue weighted by molar-refractivity contribution is 7.88. The third-order valence-corrected chi connectivity index (χ3v) is 6.45. The molecule has 1 atom stereocenters. The number of imidazole rings is 1. The summed E-state index contributed by atoms with van der Waals surface area (Å²) in [5.74, 6) is -8.90. The van der Waals surface area contributed by atoms with Crippen LogP contribution in [0.5, 0.6) is 0 Å². The number of hydrogen-bond acceptors (Lipinski definition) is 5. The van der Waals surface area contributed by atoms with Crippen LogP contribution in [0.15, 0.2) is 39.8 Å². The molecule has 0 fully saturated rings. The van der Waals surface area contributed by atoms with Crippen LogP contribution in [0.2, 0.25) is 0 Å². The SMILES string of the molecule is CS(=O)(=O)N[C@@H]1Cn2c(cn(-c3noc4cc(F)cc(-c5c(F)cc(F)cc5F)c34)c2=O)CC1(F)F. The van der Waals surface area contributed by atoms with Crippen LogP contribution < -0.4 is 10.4 Å². The maximum Gasteiger partial charge on any atom is 0.334 e. The Morgan fingerprint density at radius 1 is 1.08 bits per heavy atom. The highest BCUT2D eigenvalue weighted by Gasteiger charge is 2.46. The van der Waals surface area contributed by atoms with E-state index in [0.29, 0.717) is 18.4 Å². The van der Waals surface area contributed by atoms with E-state index in [0.717, 1.165) is 27.5 Å². The van der Waals surface area contributed by atoms with Gasteiger partial charge in [-0.1, -0.05) is 5.16 Å². The van der Waals surface area contributed by atoms with E-state index in [1.54, 1.807) is 0 Å². The first-order valence-corrected chi connectivity index (χ1v) is 12.0. The van der Waals surface area contributed by atoms with Crippen molar-refractivity contribution < 1.29 is 39.3 Å². The zero-order chi connectivity index (χ0) is 26.2. The summed E-state index contributed by atoms with van der Waals surface area (Å²) in [5.41, 5.74) is -2.75. The molecule has 0 aliphatic carbocycles. The number of aromatic nitrogens is 3. The lowest BCUT2D eigenvalue weighted by Gasteiger charge is -2.31. The predicted octanol–water partition coefficient (Wildman–Crippen LogP) is 3.11. The van der Waals surface area contributed by atoms with Crippen molar-refractivity contribution in [3.63, 3.8) is 0 Å². The smallest absolute Gasteiger partial charge is 0.334 e. The van der Waals surface area contributed by atoms with Gasteiger partial charge in [-0.25, -0.2) is 48.8 Å². The normalized spacial score (nSPS) is 17.5. The van der Waals surface area contributed by atoms with Crippen LogP contribution in [0, 0.1) is 23.3 Å². The van der Waals surface area contributed by atoms with Gasteiger partial charge in [-0.3, -0.25) is 4.57 Å². The van der Waals surface area contributed by atoms with Gasteiger partial charge in [0.15, 0.2) is 11.4 Å². The summed E-state index contributed by atoms with van der Waals surface area (Å²) in [7, 11) is -4.04. The molecule has 0 radical (unpaired) electrons. The summed E-state index contributed by atoms with van der Waals surface area (Å²) in [4.78, 5) is 13.1. The average Bonchev–Trinajstić information content (AvgIpc) is 3.27. The van der Waals surface area contributed by atoms with Crippen molar-refractivity contribution in [2.24, 2.45) is 0 Å². The number of nitrogens with one attached hydrogen (secondary N) is 1. The van der Waals surface area contributed by atoms with Crippen LogP contribution >= 0.6 is 0 Å². The minimum Gasteiger partial charge on any atom is -0.354 e. The third kappa shape index (κ3) is 3.97. The molecule has 0 spiro atoms. The van der Waals surface area contributed by atoms with Crippen LogP contribution in [0.3, 0.4) is 0 Å². The van der Waals surface area contributed by atoms with E-state index >= 15 is 0 Å².